The molecule has 0 bridgehead atoms. The van der Waals surface area contributed by atoms with Gasteiger partial charge in [0.25, 0.3) is 5.91 Å². The van der Waals surface area contributed by atoms with E-state index >= 15 is 0 Å². The second-order valence-electron chi connectivity index (χ2n) is 5.78. The molecule has 0 aromatic carbocycles. The van der Waals surface area contributed by atoms with E-state index in [1.165, 1.54) is 19.4 Å². The van der Waals surface area contributed by atoms with Crippen LogP contribution in [0.4, 0.5) is 0 Å². The van der Waals surface area contributed by atoms with Crippen LogP contribution >= 0.6 is 0 Å². The largest absolute Gasteiger partial charge is 0.348 e. The minimum Gasteiger partial charge on any atom is -0.348 e. The van der Waals surface area contributed by atoms with E-state index in [1.807, 2.05) is 6.07 Å². The second kappa shape index (κ2) is 5.89. The molecule has 1 aromatic heterocycles. The number of nitrogens with two attached hydrogens (primary N) is 1. The monoisotopic (exact) mass is 274 g/mol. The Bertz CT molecular complexity index is 473. The lowest BCUT2D eigenvalue weighted by Crippen LogP contribution is -2.47. The molecule has 2 aliphatic rings. The fraction of sp³-hybridized carbons (Fsp3) is 0.600. The van der Waals surface area contributed by atoms with Gasteiger partial charge >= 0.3 is 0 Å². The van der Waals surface area contributed by atoms with Gasteiger partial charge in [-0.15, -0.1) is 0 Å². The van der Waals surface area contributed by atoms with Crippen molar-refractivity contribution < 1.29 is 4.79 Å². The Morgan fingerprint density at radius 3 is 3.05 bits per heavy atom. The molecular weight excluding hydrogens is 252 g/mol. The van der Waals surface area contributed by atoms with Crippen molar-refractivity contribution in [2.75, 3.05) is 13.1 Å². The third-order valence-electron chi connectivity index (χ3n) is 4.45. The van der Waals surface area contributed by atoms with Gasteiger partial charge in [-0.25, -0.2) is 0 Å². The van der Waals surface area contributed by atoms with Crippen LogP contribution in [0.15, 0.2) is 18.3 Å². The van der Waals surface area contributed by atoms with Crippen LogP contribution in [-0.4, -0.2) is 41.0 Å². The average Bonchev–Trinajstić information content (AvgIpc) is 2.95. The van der Waals surface area contributed by atoms with Crippen LogP contribution in [0.1, 0.15) is 41.7 Å². The highest BCUT2D eigenvalue weighted by Crippen LogP contribution is 2.26. The summed E-state index contributed by atoms with van der Waals surface area (Å²) in [6, 6.07) is 4.57. The van der Waals surface area contributed by atoms with Crippen LogP contribution < -0.4 is 11.1 Å². The molecule has 108 valence electrons. The molecule has 3 heterocycles. The first-order valence-corrected chi connectivity index (χ1v) is 7.46. The molecule has 2 aliphatic heterocycles. The summed E-state index contributed by atoms with van der Waals surface area (Å²) in [5.41, 5.74) is 6.96. The summed E-state index contributed by atoms with van der Waals surface area (Å²) < 4.78 is 0. The van der Waals surface area contributed by atoms with Crippen molar-refractivity contribution in [2.45, 2.75) is 44.3 Å². The van der Waals surface area contributed by atoms with Gasteiger partial charge in [0.15, 0.2) is 0 Å². The van der Waals surface area contributed by atoms with Crippen molar-refractivity contribution in [1.82, 2.24) is 15.2 Å². The van der Waals surface area contributed by atoms with Crippen molar-refractivity contribution in [3.05, 3.63) is 29.6 Å². The van der Waals surface area contributed by atoms with Gasteiger partial charge in [-0.2, -0.15) is 0 Å². The molecule has 3 N–H and O–H groups in total. The zero-order valence-corrected chi connectivity index (χ0v) is 11.7. The number of piperidine rings is 1. The zero-order chi connectivity index (χ0) is 13.9. The number of hydrogen-bond acceptors (Lipinski definition) is 4. The smallest absolute Gasteiger partial charge is 0.270 e. The van der Waals surface area contributed by atoms with E-state index in [4.69, 9.17) is 5.73 Å². The van der Waals surface area contributed by atoms with E-state index in [9.17, 15) is 4.79 Å². The third-order valence-corrected chi connectivity index (χ3v) is 4.45. The SMILES string of the molecule is NCc1ccc(C(=O)NC2CCN3CCCC3C2)nc1. The molecule has 0 radical (unpaired) electrons. The topological polar surface area (TPSA) is 71.2 Å². The van der Waals surface area contributed by atoms with E-state index in [2.05, 4.69) is 15.2 Å². The van der Waals surface area contributed by atoms with Gasteiger partial charge in [0, 0.05) is 31.4 Å². The lowest BCUT2D eigenvalue weighted by molar-refractivity contribution is 0.0891. The predicted molar refractivity (Wildman–Crippen MR) is 77.2 cm³/mol. The summed E-state index contributed by atoms with van der Waals surface area (Å²) in [4.78, 5) is 18.9. The minimum atomic E-state index is -0.0648. The summed E-state index contributed by atoms with van der Waals surface area (Å²) in [5.74, 6) is -0.0648. The van der Waals surface area contributed by atoms with Gasteiger partial charge in [0.2, 0.25) is 0 Å². The maximum atomic E-state index is 12.2. The van der Waals surface area contributed by atoms with Gasteiger partial charge in [-0.05, 0) is 43.9 Å². The summed E-state index contributed by atoms with van der Waals surface area (Å²) >= 11 is 0. The first kappa shape index (κ1) is 13.5. The third kappa shape index (κ3) is 2.83. The maximum absolute atomic E-state index is 12.2. The molecule has 5 heteroatoms. The second-order valence-corrected chi connectivity index (χ2v) is 5.78. The Morgan fingerprint density at radius 1 is 1.40 bits per heavy atom. The number of aromatic nitrogens is 1. The van der Waals surface area contributed by atoms with E-state index in [0.717, 1.165) is 24.9 Å². The Labute approximate surface area is 119 Å². The van der Waals surface area contributed by atoms with Gasteiger partial charge in [0.05, 0.1) is 0 Å². The number of fused-ring (bicyclic) bond motifs is 1. The molecule has 0 spiro atoms. The molecule has 2 saturated heterocycles. The highest BCUT2D eigenvalue weighted by Gasteiger charge is 2.32. The molecule has 5 nitrogen and oxygen atoms in total. The van der Waals surface area contributed by atoms with Crippen LogP contribution in [-0.2, 0) is 6.54 Å². The van der Waals surface area contributed by atoms with Gasteiger partial charge in [0.1, 0.15) is 5.69 Å². The molecule has 2 fully saturated rings. The number of pyridine rings is 1. The Morgan fingerprint density at radius 2 is 2.30 bits per heavy atom. The summed E-state index contributed by atoms with van der Waals surface area (Å²) in [6.07, 6.45) is 6.37. The Kier molecular flexibility index (Phi) is 3.98. The van der Waals surface area contributed by atoms with Crippen molar-refractivity contribution in [3.8, 4) is 0 Å². The molecule has 20 heavy (non-hydrogen) atoms. The van der Waals surface area contributed by atoms with Crippen LogP contribution in [0.25, 0.3) is 0 Å². The highest BCUT2D eigenvalue weighted by molar-refractivity contribution is 5.92. The fourth-order valence-electron chi connectivity index (χ4n) is 3.29. The first-order valence-electron chi connectivity index (χ1n) is 7.46. The number of hydrogen-bond donors (Lipinski definition) is 2. The molecule has 0 saturated carbocycles. The number of amides is 1. The van der Waals surface area contributed by atoms with E-state index in [1.54, 1.807) is 12.3 Å². The molecule has 2 atom stereocenters. The number of nitrogens with zero attached hydrogens (tertiary/aromatic N) is 2. The molecule has 1 aromatic rings. The average molecular weight is 274 g/mol. The van der Waals surface area contributed by atoms with Gasteiger partial charge in [-0.1, -0.05) is 6.07 Å². The van der Waals surface area contributed by atoms with Crippen molar-refractivity contribution in [3.63, 3.8) is 0 Å². The van der Waals surface area contributed by atoms with E-state index in [-0.39, 0.29) is 11.9 Å². The van der Waals surface area contributed by atoms with Crippen LogP contribution in [0.2, 0.25) is 0 Å². The number of carbonyl (C=O) groups is 1. The van der Waals surface area contributed by atoms with Crippen molar-refractivity contribution in [1.29, 1.82) is 0 Å². The molecule has 1 amide bonds. The predicted octanol–water partition coefficient (Wildman–Crippen LogP) is 0.897. The lowest BCUT2D eigenvalue weighted by Gasteiger charge is -2.35. The van der Waals surface area contributed by atoms with Crippen LogP contribution in [0.5, 0.6) is 0 Å². The fourth-order valence-corrected chi connectivity index (χ4v) is 3.29. The summed E-state index contributed by atoms with van der Waals surface area (Å²) in [5, 5.41) is 3.13. The summed E-state index contributed by atoms with van der Waals surface area (Å²) in [7, 11) is 0. The number of carbonyl (C=O) groups excluding carboxylic acids is 1. The lowest BCUT2D eigenvalue weighted by atomic mass is 9.97. The van der Waals surface area contributed by atoms with Crippen molar-refractivity contribution in [2.24, 2.45) is 5.73 Å². The normalized spacial score (nSPS) is 26.2. The summed E-state index contributed by atoms with van der Waals surface area (Å²) in [6.45, 7) is 2.79. The highest BCUT2D eigenvalue weighted by atomic mass is 16.1. The maximum Gasteiger partial charge on any atom is 0.270 e. The van der Waals surface area contributed by atoms with Crippen LogP contribution in [0.3, 0.4) is 0 Å². The van der Waals surface area contributed by atoms with Gasteiger partial charge in [-0.3, -0.25) is 9.78 Å². The Hall–Kier alpha value is -1.46. The zero-order valence-electron chi connectivity index (χ0n) is 11.7. The Balaban J connectivity index is 1.58. The number of rotatable bonds is 3. The van der Waals surface area contributed by atoms with E-state index < -0.39 is 0 Å². The molecular formula is C15H22N4O. The first-order chi connectivity index (χ1) is 9.76. The standard InChI is InChI=1S/C15H22N4O/c16-9-11-3-4-14(17-10-11)15(20)18-12-5-7-19-6-1-2-13(19)8-12/h3-4,10,12-13H,1-2,5-9,16H2,(H,18,20). The van der Waals surface area contributed by atoms with E-state index in [0.29, 0.717) is 18.3 Å². The van der Waals surface area contributed by atoms with Crippen molar-refractivity contribution >= 4 is 5.91 Å². The molecule has 0 aliphatic carbocycles. The molecule has 2 unspecified atom stereocenters. The minimum absolute atomic E-state index is 0.0648. The van der Waals surface area contributed by atoms with Gasteiger partial charge < -0.3 is 16.0 Å². The quantitative estimate of drug-likeness (QED) is 0.859. The number of nitrogens with one attached hydrogen (secondary N) is 1. The molecule has 3 rings (SSSR count). The van der Waals surface area contributed by atoms with Crippen LogP contribution in [0, 0.1) is 0 Å².